The smallest absolute Gasteiger partial charge is 0.217 e. The van der Waals surface area contributed by atoms with Crippen LogP contribution in [0.1, 0.15) is 24.9 Å². The summed E-state index contributed by atoms with van der Waals surface area (Å²) in [7, 11) is 0. The Balaban J connectivity index is 1.99. The molecule has 0 aliphatic carbocycles. The molecule has 0 spiro atoms. The molecule has 1 aliphatic rings. The van der Waals surface area contributed by atoms with E-state index in [1.165, 1.54) is 18.3 Å². The van der Waals surface area contributed by atoms with E-state index in [2.05, 4.69) is 10.3 Å². The number of ether oxygens (including phenoxy) is 1. The normalized spacial score (nSPS) is 17.1. The quantitative estimate of drug-likeness (QED) is 0.889. The lowest BCUT2D eigenvalue weighted by Gasteiger charge is -2.26. The van der Waals surface area contributed by atoms with Gasteiger partial charge in [-0.2, -0.15) is 0 Å². The summed E-state index contributed by atoms with van der Waals surface area (Å²) in [6.07, 6.45) is 0.773. The second kappa shape index (κ2) is 5.13. The van der Waals surface area contributed by atoms with Crippen molar-refractivity contribution in [3.8, 4) is 17.0 Å². The molecule has 3 rings (SSSR count). The molecule has 0 radical (unpaired) electrons. The van der Waals surface area contributed by atoms with Crippen LogP contribution < -0.4 is 15.8 Å². The summed E-state index contributed by atoms with van der Waals surface area (Å²) in [5.41, 5.74) is 8.50. The van der Waals surface area contributed by atoms with Gasteiger partial charge < -0.3 is 15.8 Å². The highest BCUT2D eigenvalue weighted by Crippen LogP contribution is 2.35. The van der Waals surface area contributed by atoms with E-state index < -0.39 is 0 Å². The van der Waals surface area contributed by atoms with Crippen LogP contribution in [0.2, 0.25) is 0 Å². The molecule has 2 heterocycles. The molecule has 104 valence electrons. The molecule has 0 fully saturated rings. The number of benzene rings is 1. The zero-order chi connectivity index (χ0) is 14.1. The van der Waals surface area contributed by atoms with Gasteiger partial charge in [-0.05, 0) is 18.2 Å². The Morgan fingerprint density at radius 2 is 2.40 bits per heavy atom. The monoisotopic (exact) mass is 289 g/mol. The number of anilines is 1. The molecule has 0 unspecified atom stereocenters. The fourth-order valence-corrected chi connectivity index (χ4v) is 2.94. The van der Waals surface area contributed by atoms with E-state index in [4.69, 9.17) is 10.5 Å². The van der Waals surface area contributed by atoms with E-state index in [0.29, 0.717) is 11.7 Å². The number of aromatic nitrogens is 1. The topological polar surface area (TPSA) is 77.2 Å². The summed E-state index contributed by atoms with van der Waals surface area (Å²) in [6.45, 7) is 2.14. The van der Waals surface area contributed by atoms with Gasteiger partial charge in [-0.3, -0.25) is 4.79 Å². The number of hydrogen-bond donors (Lipinski definition) is 2. The maximum Gasteiger partial charge on any atom is 0.217 e. The van der Waals surface area contributed by atoms with Gasteiger partial charge in [0.15, 0.2) is 5.13 Å². The molecule has 2 aromatic rings. The third-order valence-corrected chi connectivity index (χ3v) is 3.92. The Kier molecular flexibility index (Phi) is 3.31. The van der Waals surface area contributed by atoms with Crippen LogP contribution in [0.4, 0.5) is 5.13 Å². The first-order chi connectivity index (χ1) is 9.63. The minimum Gasteiger partial charge on any atom is -0.493 e. The van der Waals surface area contributed by atoms with Crippen molar-refractivity contribution in [2.45, 2.75) is 19.4 Å². The fraction of sp³-hybridized carbons (Fsp3) is 0.286. The molecule has 5 nitrogen and oxygen atoms in total. The highest BCUT2D eigenvalue weighted by atomic mass is 32.1. The van der Waals surface area contributed by atoms with Crippen molar-refractivity contribution in [1.29, 1.82) is 0 Å². The van der Waals surface area contributed by atoms with Gasteiger partial charge in [0.1, 0.15) is 5.75 Å². The number of hydrogen-bond acceptors (Lipinski definition) is 5. The predicted molar refractivity (Wildman–Crippen MR) is 78.6 cm³/mol. The fourth-order valence-electron chi connectivity index (χ4n) is 2.37. The van der Waals surface area contributed by atoms with Gasteiger partial charge in [0.2, 0.25) is 5.91 Å². The highest BCUT2D eigenvalue weighted by molar-refractivity contribution is 7.13. The Hall–Kier alpha value is -2.08. The van der Waals surface area contributed by atoms with Crippen LogP contribution >= 0.6 is 11.3 Å². The average molecular weight is 289 g/mol. The maximum absolute atomic E-state index is 11.3. The minimum atomic E-state index is -0.0360. The Morgan fingerprint density at radius 3 is 3.10 bits per heavy atom. The van der Waals surface area contributed by atoms with Crippen molar-refractivity contribution >= 4 is 22.4 Å². The van der Waals surface area contributed by atoms with Crippen molar-refractivity contribution in [1.82, 2.24) is 10.3 Å². The van der Waals surface area contributed by atoms with Crippen molar-refractivity contribution in [2.24, 2.45) is 0 Å². The Bertz CT molecular complexity index is 654. The summed E-state index contributed by atoms with van der Waals surface area (Å²) in [5, 5.41) is 5.43. The number of nitrogens with two attached hydrogens (primary N) is 1. The number of carbonyl (C=O) groups is 1. The number of thiazole rings is 1. The third-order valence-electron chi connectivity index (χ3n) is 3.24. The average Bonchev–Trinajstić information content (AvgIpc) is 2.85. The molecule has 3 N–H and O–H groups in total. The van der Waals surface area contributed by atoms with Crippen molar-refractivity contribution in [3.05, 3.63) is 29.1 Å². The van der Waals surface area contributed by atoms with E-state index in [-0.39, 0.29) is 11.9 Å². The van der Waals surface area contributed by atoms with Gasteiger partial charge in [-0.15, -0.1) is 11.3 Å². The zero-order valence-electron chi connectivity index (χ0n) is 11.1. The lowest BCUT2D eigenvalue weighted by atomic mass is 9.97. The zero-order valence-corrected chi connectivity index (χ0v) is 11.9. The van der Waals surface area contributed by atoms with Crippen LogP contribution in [0, 0.1) is 0 Å². The molecule has 1 aromatic carbocycles. The molecule has 1 aromatic heterocycles. The molecule has 0 bridgehead atoms. The standard InChI is InChI=1S/C14H15N3O2S/c1-8(18)16-11-4-5-19-13-3-2-9(6-10(11)13)12-7-20-14(15)17-12/h2-3,6-7,11H,4-5H2,1H3,(H2,15,17)(H,16,18)/t11-/m0/s1. The van der Waals surface area contributed by atoms with E-state index in [9.17, 15) is 4.79 Å². The Labute approximate surface area is 120 Å². The molecule has 0 saturated heterocycles. The summed E-state index contributed by atoms with van der Waals surface area (Å²) in [5.74, 6) is 0.785. The van der Waals surface area contributed by atoms with Crippen LogP contribution in [0.3, 0.4) is 0 Å². The summed E-state index contributed by atoms with van der Waals surface area (Å²) < 4.78 is 5.64. The van der Waals surface area contributed by atoms with Crippen LogP contribution in [-0.4, -0.2) is 17.5 Å². The molecule has 20 heavy (non-hydrogen) atoms. The SMILES string of the molecule is CC(=O)N[C@H]1CCOc2ccc(-c3csc(N)n3)cc21. The molecular weight excluding hydrogens is 274 g/mol. The van der Waals surface area contributed by atoms with Gasteiger partial charge in [0, 0.05) is 29.9 Å². The van der Waals surface area contributed by atoms with Crippen molar-refractivity contribution in [2.75, 3.05) is 12.3 Å². The largest absolute Gasteiger partial charge is 0.493 e. The molecule has 0 saturated carbocycles. The van der Waals surface area contributed by atoms with E-state index in [0.717, 1.165) is 29.0 Å². The molecule has 1 atom stereocenters. The number of nitrogens with zero attached hydrogens (tertiary/aromatic N) is 1. The molecule has 1 amide bonds. The number of amides is 1. The number of rotatable bonds is 2. The maximum atomic E-state index is 11.3. The summed E-state index contributed by atoms with van der Waals surface area (Å²) in [6, 6.07) is 5.90. The van der Waals surface area contributed by atoms with Gasteiger partial charge in [-0.1, -0.05) is 0 Å². The second-order valence-electron chi connectivity index (χ2n) is 4.71. The highest BCUT2D eigenvalue weighted by Gasteiger charge is 2.22. The van der Waals surface area contributed by atoms with Crippen molar-refractivity contribution in [3.63, 3.8) is 0 Å². The van der Waals surface area contributed by atoms with Gasteiger partial charge >= 0.3 is 0 Å². The Morgan fingerprint density at radius 1 is 1.55 bits per heavy atom. The number of fused-ring (bicyclic) bond motifs is 1. The number of nitrogen functional groups attached to an aromatic ring is 1. The van der Waals surface area contributed by atoms with E-state index >= 15 is 0 Å². The van der Waals surface area contributed by atoms with E-state index in [1.807, 2.05) is 23.6 Å². The van der Waals surface area contributed by atoms with Crippen LogP contribution in [0.5, 0.6) is 5.75 Å². The van der Waals surface area contributed by atoms with Gasteiger partial charge in [0.25, 0.3) is 0 Å². The molecule has 1 aliphatic heterocycles. The van der Waals surface area contributed by atoms with Gasteiger partial charge in [-0.25, -0.2) is 4.98 Å². The third kappa shape index (κ3) is 2.46. The molecule has 6 heteroatoms. The summed E-state index contributed by atoms with van der Waals surface area (Å²) in [4.78, 5) is 15.6. The van der Waals surface area contributed by atoms with E-state index in [1.54, 1.807) is 0 Å². The number of nitrogens with one attached hydrogen (secondary N) is 1. The molecular formula is C14H15N3O2S. The first-order valence-corrected chi connectivity index (χ1v) is 7.26. The second-order valence-corrected chi connectivity index (χ2v) is 5.60. The van der Waals surface area contributed by atoms with Crippen LogP contribution in [0.15, 0.2) is 23.6 Å². The lowest BCUT2D eigenvalue weighted by Crippen LogP contribution is -2.30. The van der Waals surface area contributed by atoms with Crippen LogP contribution in [-0.2, 0) is 4.79 Å². The summed E-state index contributed by atoms with van der Waals surface area (Å²) >= 11 is 1.41. The predicted octanol–water partition coefficient (Wildman–Crippen LogP) is 2.35. The number of carbonyl (C=O) groups excluding carboxylic acids is 1. The lowest BCUT2D eigenvalue weighted by molar-refractivity contribution is -0.119. The van der Waals surface area contributed by atoms with Gasteiger partial charge in [0.05, 0.1) is 18.3 Å². The first kappa shape index (κ1) is 12.9. The first-order valence-electron chi connectivity index (χ1n) is 6.38. The van der Waals surface area contributed by atoms with Crippen molar-refractivity contribution < 1.29 is 9.53 Å². The minimum absolute atomic E-state index is 0.00724. The van der Waals surface area contributed by atoms with Crippen LogP contribution in [0.25, 0.3) is 11.3 Å².